The van der Waals surface area contributed by atoms with Crippen LogP contribution in [0.2, 0.25) is 9.36 Å². The minimum atomic E-state index is -4.01. The Morgan fingerprint density at radius 2 is 0.909 bits per heavy atom. The molecule has 5 heteroatoms. The van der Waals surface area contributed by atoms with Crippen molar-refractivity contribution in [1.82, 2.24) is 0 Å². The zero-order valence-corrected chi connectivity index (χ0v) is 30.6. The summed E-state index contributed by atoms with van der Waals surface area (Å²) in [5, 5.41) is 0. The third kappa shape index (κ3) is 4.72. The monoisotopic (exact) mass is 754 g/mol. The molecule has 0 fully saturated rings. The fourth-order valence-corrected chi connectivity index (χ4v) is 27.0. The van der Waals surface area contributed by atoms with Crippen molar-refractivity contribution in [3.05, 3.63) is 107 Å². The molecule has 4 nitrogen and oxygen atoms in total. The van der Waals surface area contributed by atoms with Gasteiger partial charge in [-0.15, -0.1) is 0 Å². The molecule has 2 unspecified atom stereocenters. The van der Waals surface area contributed by atoms with Gasteiger partial charge in [-0.25, -0.2) is 0 Å². The van der Waals surface area contributed by atoms with Gasteiger partial charge in [0.05, 0.1) is 0 Å². The summed E-state index contributed by atoms with van der Waals surface area (Å²) in [4.78, 5) is 0. The first kappa shape index (κ1) is 30.3. The molecule has 0 saturated heterocycles. The van der Waals surface area contributed by atoms with E-state index in [2.05, 4.69) is 108 Å². The second kappa shape index (κ2) is 11.3. The topological polar surface area (TPSA) is 36.9 Å². The van der Waals surface area contributed by atoms with E-state index in [9.17, 15) is 0 Å². The van der Waals surface area contributed by atoms with Crippen LogP contribution in [0, 0.1) is 0 Å². The molecule has 0 saturated carbocycles. The Labute approximate surface area is 262 Å². The minimum absolute atomic E-state index is 0.376. The Bertz CT molecular complexity index is 1730. The van der Waals surface area contributed by atoms with Gasteiger partial charge in [-0.2, -0.15) is 0 Å². The molecule has 0 aromatic heterocycles. The maximum atomic E-state index is 5.62. The van der Waals surface area contributed by atoms with E-state index in [1.807, 2.05) is 12.1 Å². The molecule has 0 radical (unpaired) electrons. The summed E-state index contributed by atoms with van der Waals surface area (Å²) < 4.78 is 30.2. The fourth-order valence-electron chi connectivity index (χ4n) is 7.47. The molecular formula is C39H42HfO4. The van der Waals surface area contributed by atoms with E-state index >= 15 is 0 Å². The van der Waals surface area contributed by atoms with Crippen LogP contribution in [0.15, 0.2) is 84.9 Å². The second-order valence-electron chi connectivity index (χ2n) is 13.1. The van der Waals surface area contributed by atoms with Gasteiger partial charge in [0.25, 0.3) is 0 Å². The molecule has 0 bridgehead atoms. The SMILES string of the molecule is COc1cc(OC)cc(-c2cccc3c2C=C[CH]3[Hf]([CH3])([CH3])(=[C](C)C)[CH]2C=Cc3c(-c4cc(OC)cc(OC)c4)cccc32)c1. The van der Waals surface area contributed by atoms with Gasteiger partial charge in [0.1, 0.15) is 0 Å². The quantitative estimate of drug-likeness (QED) is 0.168. The van der Waals surface area contributed by atoms with Crippen LogP contribution in [0.1, 0.15) is 43.5 Å². The summed E-state index contributed by atoms with van der Waals surface area (Å²) in [5.41, 5.74) is 10.1. The van der Waals surface area contributed by atoms with Crippen LogP contribution in [0.4, 0.5) is 0 Å². The normalized spacial score (nSPS) is 16.8. The summed E-state index contributed by atoms with van der Waals surface area (Å²) in [6.07, 6.45) is 9.75. The molecule has 4 aromatic carbocycles. The van der Waals surface area contributed by atoms with Crippen molar-refractivity contribution in [1.29, 1.82) is 0 Å². The second-order valence-corrected chi connectivity index (χ2v) is 39.9. The standard InChI is InChI=1S/2C17H15O2.C3H6.2CH3.Hf/c2*1-18-14-9-13(10-15(11-14)19-2)17-8-4-6-12-5-3-7-16(12)17;1-3-2;;;/h2*3-11H,1-2H3;1-2H3;2*1H3;. The first-order valence-electron chi connectivity index (χ1n) is 15.2. The van der Waals surface area contributed by atoms with Gasteiger partial charge in [-0.05, 0) is 0 Å². The Balaban J connectivity index is 1.49. The van der Waals surface area contributed by atoms with E-state index in [0.29, 0.717) is 7.35 Å². The molecule has 2 aliphatic rings. The molecule has 2 atom stereocenters. The maximum absolute atomic E-state index is 5.62. The van der Waals surface area contributed by atoms with Crippen molar-refractivity contribution in [2.45, 2.75) is 30.6 Å². The number of hydrogen-bond donors (Lipinski definition) is 0. The van der Waals surface area contributed by atoms with Gasteiger partial charge in [-0.3, -0.25) is 0 Å². The molecule has 4 aromatic rings. The molecule has 0 N–H and O–H groups in total. The Morgan fingerprint density at radius 1 is 0.545 bits per heavy atom. The van der Waals surface area contributed by atoms with Gasteiger partial charge in [0, 0.05) is 0 Å². The zero-order chi connectivity index (χ0) is 31.2. The van der Waals surface area contributed by atoms with Crippen molar-refractivity contribution >= 4 is 15.4 Å². The predicted molar refractivity (Wildman–Crippen MR) is 182 cm³/mol. The average Bonchev–Trinajstić information content (AvgIpc) is 3.70. The first-order valence-corrected chi connectivity index (χ1v) is 28.3. The number of methoxy groups -OCH3 is 4. The van der Waals surface area contributed by atoms with Crippen molar-refractivity contribution in [2.75, 3.05) is 28.4 Å². The number of benzene rings is 4. The summed E-state index contributed by atoms with van der Waals surface area (Å²) in [7, 11) is 6.81. The molecular weight excluding hydrogens is 711 g/mol. The first-order chi connectivity index (χ1) is 21.1. The summed E-state index contributed by atoms with van der Waals surface area (Å²) in [5.74, 6) is 3.17. The van der Waals surface area contributed by atoms with Crippen molar-refractivity contribution < 1.29 is 37.0 Å². The summed E-state index contributed by atoms with van der Waals surface area (Å²) >= 11 is -4.01. The molecule has 0 heterocycles. The van der Waals surface area contributed by atoms with Gasteiger partial charge >= 0.3 is 264 Å². The van der Waals surface area contributed by atoms with E-state index in [4.69, 9.17) is 18.9 Å². The van der Waals surface area contributed by atoms with E-state index in [1.54, 1.807) is 31.7 Å². The van der Waals surface area contributed by atoms with E-state index in [0.717, 1.165) is 34.1 Å². The molecule has 2 aliphatic carbocycles. The molecule has 0 aliphatic heterocycles. The van der Waals surface area contributed by atoms with Gasteiger partial charge in [0.15, 0.2) is 0 Å². The van der Waals surface area contributed by atoms with Crippen LogP contribution in [0.3, 0.4) is 0 Å². The van der Waals surface area contributed by atoms with Crippen molar-refractivity contribution in [3.63, 3.8) is 0 Å². The van der Waals surface area contributed by atoms with E-state index in [-0.39, 0.29) is 0 Å². The number of rotatable bonds is 8. The average molecular weight is 753 g/mol. The molecule has 226 valence electrons. The number of fused-ring (bicyclic) bond motifs is 2. The number of ether oxygens (including phenoxy) is 4. The van der Waals surface area contributed by atoms with E-state index < -0.39 is 18.0 Å². The summed E-state index contributed by atoms with van der Waals surface area (Å²) in [6.45, 7) is 4.78. The van der Waals surface area contributed by atoms with Crippen LogP contribution in [-0.4, -0.2) is 31.7 Å². The molecule has 0 spiro atoms. The van der Waals surface area contributed by atoms with Crippen LogP contribution in [0.5, 0.6) is 23.0 Å². The third-order valence-corrected chi connectivity index (χ3v) is 39.4. The van der Waals surface area contributed by atoms with Crippen LogP contribution < -0.4 is 18.9 Å². The Hall–Kier alpha value is -3.70. The summed E-state index contributed by atoms with van der Waals surface area (Å²) in [6, 6.07) is 25.8. The van der Waals surface area contributed by atoms with Crippen LogP contribution >= 0.6 is 0 Å². The number of hydrogen-bond acceptors (Lipinski definition) is 4. The Kier molecular flexibility index (Phi) is 7.82. The zero-order valence-electron chi connectivity index (χ0n) is 27.0. The van der Waals surface area contributed by atoms with Gasteiger partial charge in [0.2, 0.25) is 0 Å². The molecule has 44 heavy (non-hydrogen) atoms. The van der Waals surface area contributed by atoms with Gasteiger partial charge < -0.3 is 0 Å². The molecule has 0 amide bonds. The van der Waals surface area contributed by atoms with E-state index in [1.165, 1.54) is 33.4 Å². The molecule has 6 rings (SSSR count). The van der Waals surface area contributed by atoms with Crippen LogP contribution in [0.25, 0.3) is 34.4 Å². The van der Waals surface area contributed by atoms with Crippen molar-refractivity contribution in [2.24, 2.45) is 0 Å². The number of allylic oxidation sites excluding steroid dienone is 2. The third-order valence-electron chi connectivity index (χ3n) is 10.7. The predicted octanol–water partition coefficient (Wildman–Crippen LogP) is 9.89. The van der Waals surface area contributed by atoms with Crippen LogP contribution in [-0.2, 0) is 18.0 Å². The van der Waals surface area contributed by atoms with Gasteiger partial charge in [-0.1, -0.05) is 0 Å². The fraction of sp³-hybridized carbons (Fsp3) is 0.256. The van der Waals surface area contributed by atoms with Crippen molar-refractivity contribution in [3.8, 4) is 45.3 Å². The Morgan fingerprint density at radius 3 is 1.23 bits per heavy atom.